The van der Waals surface area contributed by atoms with Crippen LogP contribution in [-0.4, -0.2) is 58.1 Å². The van der Waals surface area contributed by atoms with Crippen molar-refractivity contribution in [3.05, 3.63) is 0 Å². The van der Waals surface area contributed by atoms with Gasteiger partial charge in [0, 0.05) is 24.8 Å². The van der Waals surface area contributed by atoms with Gasteiger partial charge in [-0.1, -0.05) is 12.8 Å². The Kier molecular flexibility index (Phi) is 6.76. The molecule has 0 spiro atoms. The minimum atomic E-state index is -1.81. The summed E-state index contributed by atoms with van der Waals surface area (Å²) in [6, 6.07) is 0. The van der Waals surface area contributed by atoms with Gasteiger partial charge in [-0.2, -0.15) is 0 Å². The smallest absolute Gasteiger partial charge is 0.408 e. The molecular formula is C19H31F2N3O5. The van der Waals surface area contributed by atoms with Crippen LogP contribution in [0.25, 0.3) is 0 Å². The molecule has 29 heavy (non-hydrogen) atoms. The van der Waals surface area contributed by atoms with Crippen LogP contribution in [-0.2, 0) is 14.3 Å². The maximum absolute atomic E-state index is 15.0. The van der Waals surface area contributed by atoms with Crippen molar-refractivity contribution in [1.29, 1.82) is 0 Å². The van der Waals surface area contributed by atoms with Crippen LogP contribution >= 0.6 is 0 Å². The van der Waals surface area contributed by atoms with Crippen molar-refractivity contribution in [3.8, 4) is 0 Å². The minimum Gasteiger partial charge on any atom is -0.436 e. The van der Waals surface area contributed by atoms with Crippen LogP contribution in [0.1, 0.15) is 65.7 Å². The molecule has 0 radical (unpaired) electrons. The standard InChI is InChI=1S/C19H31F2N3O5/c1-17(2,3)24-16(28)29-12(10-18(21)6-4-5-7-18)15(27)23-19(8-11(20)9-19)13(25)14(22)26/h11-13,25H,4-10H2,1-3H3,(H2,22,26)(H,23,27)(H,24,28)/t11?,12-,13+,19?/m0/s1. The van der Waals surface area contributed by atoms with Gasteiger partial charge in [0.15, 0.2) is 12.2 Å². The number of nitrogens with two attached hydrogens (primary N) is 1. The summed E-state index contributed by atoms with van der Waals surface area (Å²) < 4.78 is 33.7. The lowest BCUT2D eigenvalue weighted by atomic mass is 9.70. The molecule has 166 valence electrons. The maximum Gasteiger partial charge on any atom is 0.408 e. The first-order valence-corrected chi connectivity index (χ1v) is 9.86. The Bertz CT molecular complexity index is 640. The van der Waals surface area contributed by atoms with E-state index in [1.54, 1.807) is 20.8 Å². The van der Waals surface area contributed by atoms with E-state index in [0.29, 0.717) is 12.8 Å². The molecule has 2 fully saturated rings. The Labute approximate surface area is 168 Å². The van der Waals surface area contributed by atoms with Gasteiger partial charge in [-0.3, -0.25) is 9.59 Å². The lowest BCUT2D eigenvalue weighted by Crippen LogP contribution is -2.69. The summed E-state index contributed by atoms with van der Waals surface area (Å²) in [7, 11) is 0. The minimum absolute atomic E-state index is 0.239. The van der Waals surface area contributed by atoms with Gasteiger partial charge < -0.3 is 26.2 Å². The Morgan fingerprint density at radius 3 is 2.24 bits per heavy atom. The van der Waals surface area contributed by atoms with Gasteiger partial charge in [0.1, 0.15) is 11.8 Å². The molecule has 2 aliphatic rings. The molecule has 2 saturated carbocycles. The first kappa shape index (κ1) is 23.3. The Morgan fingerprint density at radius 2 is 1.79 bits per heavy atom. The van der Waals surface area contributed by atoms with E-state index in [-0.39, 0.29) is 32.1 Å². The Balaban J connectivity index is 2.16. The molecule has 8 nitrogen and oxygen atoms in total. The third-order valence-corrected chi connectivity index (χ3v) is 5.41. The number of carbonyl (C=O) groups excluding carboxylic acids is 3. The zero-order chi connectivity index (χ0) is 22.0. The molecule has 0 unspecified atom stereocenters. The first-order chi connectivity index (χ1) is 13.3. The third-order valence-electron chi connectivity index (χ3n) is 5.41. The molecule has 2 rings (SSSR count). The Morgan fingerprint density at radius 1 is 1.24 bits per heavy atom. The van der Waals surface area contributed by atoms with Crippen molar-refractivity contribution in [1.82, 2.24) is 10.6 Å². The highest BCUT2D eigenvalue weighted by Gasteiger charge is 2.54. The Hall–Kier alpha value is -1.97. The molecule has 0 bridgehead atoms. The number of ether oxygens (including phenoxy) is 1. The summed E-state index contributed by atoms with van der Waals surface area (Å²) in [6.45, 7) is 5.14. The number of rotatable bonds is 7. The number of aliphatic hydroxyl groups excluding tert-OH is 1. The van der Waals surface area contributed by atoms with Gasteiger partial charge >= 0.3 is 6.09 Å². The van der Waals surface area contributed by atoms with Gasteiger partial charge in [-0.15, -0.1) is 0 Å². The van der Waals surface area contributed by atoms with Crippen LogP contribution in [0, 0.1) is 0 Å². The quantitative estimate of drug-likeness (QED) is 0.495. The van der Waals surface area contributed by atoms with Gasteiger partial charge in [0.25, 0.3) is 5.91 Å². The predicted octanol–water partition coefficient (Wildman–Crippen LogP) is 1.39. The van der Waals surface area contributed by atoms with Gasteiger partial charge in [0.2, 0.25) is 5.91 Å². The van der Waals surface area contributed by atoms with Crippen LogP contribution in [0.3, 0.4) is 0 Å². The van der Waals surface area contributed by atoms with E-state index in [2.05, 4.69) is 10.6 Å². The van der Waals surface area contributed by atoms with E-state index in [1.165, 1.54) is 0 Å². The molecule has 0 aromatic rings. The van der Waals surface area contributed by atoms with Crippen molar-refractivity contribution >= 4 is 17.9 Å². The summed E-state index contributed by atoms with van der Waals surface area (Å²) in [4.78, 5) is 36.4. The number of alkyl halides is 2. The molecule has 0 aromatic carbocycles. The molecule has 0 saturated heterocycles. The normalized spacial score (nSPS) is 28.0. The number of alkyl carbamates (subject to hydrolysis) is 1. The fraction of sp³-hybridized carbons (Fsp3) is 0.842. The third kappa shape index (κ3) is 6.01. The van der Waals surface area contributed by atoms with Gasteiger partial charge in [-0.05, 0) is 33.6 Å². The molecular weight excluding hydrogens is 388 g/mol. The maximum atomic E-state index is 15.0. The summed E-state index contributed by atoms with van der Waals surface area (Å²) in [5.74, 6) is -2.01. The zero-order valence-corrected chi connectivity index (χ0v) is 17.1. The molecule has 2 aliphatic carbocycles. The summed E-state index contributed by atoms with van der Waals surface area (Å²) >= 11 is 0. The fourth-order valence-electron chi connectivity index (χ4n) is 3.92. The van der Waals surface area contributed by atoms with Crippen molar-refractivity contribution in [2.24, 2.45) is 5.73 Å². The number of amides is 3. The number of halogens is 2. The first-order valence-electron chi connectivity index (χ1n) is 9.86. The van der Waals surface area contributed by atoms with E-state index in [4.69, 9.17) is 10.5 Å². The van der Waals surface area contributed by atoms with Crippen molar-refractivity contribution in [2.45, 2.75) is 101 Å². The average Bonchev–Trinajstić information content (AvgIpc) is 2.96. The molecule has 10 heteroatoms. The summed E-state index contributed by atoms with van der Waals surface area (Å²) in [5, 5.41) is 15.0. The highest BCUT2D eigenvalue weighted by molar-refractivity contribution is 5.87. The zero-order valence-electron chi connectivity index (χ0n) is 17.1. The van der Waals surface area contributed by atoms with Crippen LogP contribution in [0.15, 0.2) is 0 Å². The second kappa shape index (κ2) is 8.41. The van der Waals surface area contributed by atoms with E-state index < -0.39 is 53.0 Å². The fourth-order valence-corrected chi connectivity index (χ4v) is 3.92. The van der Waals surface area contributed by atoms with Crippen LogP contribution < -0.4 is 16.4 Å². The molecule has 3 amide bonds. The van der Waals surface area contributed by atoms with E-state index >= 15 is 4.39 Å². The molecule has 5 N–H and O–H groups in total. The lowest BCUT2D eigenvalue weighted by molar-refractivity contribution is -0.146. The number of hydrogen-bond acceptors (Lipinski definition) is 5. The SMILES string of the molecule is CC(C)(C)NC(=O)O[C@@H](CC1(F)CCCC1)C(=O)NC1([C@H](O)C(N)=O)CC(F)C1. The van der Waals surface area contributed by atoms with Crippen molar-refractivity contribution in [2.75, 3.05) is 0 Å². The largest absolute Gasteiger partial charge is 0.436 e. The van der Waals surface area contributed by atoms with Crippen molar-refractivity contribution < 1.29 is 33.0 Å². The highest BCUT2D eigenvalue weighted by Crippen LogP contribution is 2.40. The number of carbonyl (C=O) groups is 3. The van der Waals surface area contributed by atoms with Gasteiger partial charge in [-0.25, -0.2) is 13.6 Å². The van der Waals surface area contributed by atoms with Crippen LogP contribution in [0.2, 0.25) is 0 Å². The predicted molar refractivity (Wildman–Crippen MR) is 100 cm³/mol. The van der Waals surface area contributed by atoms with E-state index in [0.717, 1.165) is 0 Å². The molecule has 0 heterocycles. The van der Waals surface area contributed by atoms with Crippen molar-refractivity contribution in [3.63, 3.8) is 0 Å². The molecule has 0 aliphatic heterocycles. The molecule has 2 atom stereocenters. The lowest BCUT2D eigenvalue weighted by Gasteiger charge is -2.47. The highest BCUT2D eigenvalue weighted by atomic mass is 19.1. The number of primary amides is 1. The average molecular weight is 419 g/mol. The van der Waals surface area contributed by atoms with Gasteiger partial charge in [0.05, 0.1) is 5.54 Å². The summed E-state index contributed by atoms with van der Waals surface area (Å²) in [6.07, 6.45) is -4.74. The monoisotopic (exact) mass is 419 g/mol. The number of nitrogens with one attached hydrogen (secondary N) is 2. The topological polar surface area (TPSA) is 131 Å². The number of aliphatic hydroxyl groups is 1. The second-order valence-corrected chi connectivity index (χ2v) is 9.29. The second-order valence-electron chi connectivity index (χ2n) is 9.29. The van der Waals surface area contributed by atoms with Crippen LogP contribution in [0.5, 0.6) is 0 Å². The van der Waals surface area contributed by atoms with E-state index in [9.17, 15) is 23.9 Å². The summed E-state index contributed by atoms with van der Waals surface area (Å²) in [5.41, 5.74) is 1.21. The van der Waals surface area contributed by atoms with Crippen LogP contribution in [0.4, 0.5) is 13.6 Å². The van der Waals surface area contributed by atoms with E-state index in [1.807, 2.05) is 0 Å². The molecule has 0 aromatic heterocycles. The number of hydrogen-bond donors (Lipinski definition) is 4.